The zero-order chi connectivity index (χ0) is 27.7. The molecule has 0 saturated carbocycles. The molecule has 1 atom stereocenters. The molecule has 1 unspecified atom stereocenters. The minimum absolute atomic E-state index is 0.00462. The lowest BCUT2D eigenvalue weighted by molar-refractivity contribution is -0.132. The molecular formula is C29H35N7O3S. The number of carbonyl (C=O) groups excluding carboxylic acids is 2. The first-order chi connectivity index (χ1) is 19.4. The van der Waals surface area contributed by atoms with Crippen molar-refractivity contribution in [2.75, 3.05) is 50.1 Å². The van der Waals surface area contributed by atoms with Gasteiger partial charge in [0.25, 0.3) is 5.91 Å². The Kier molecular flexibility index (Phi) is 7.43. The average Bonchev–Trinajstić information content (AvgIpc) is 3.72. The maximum Gasteiger partial charge on any atom is 0.251 e. The van der Waals surface area contributed by atoms with E-state index in [1.807, 2.05) is 58.6 Å². The van der Waals surface area contributed by atoms with Crippen LogP contribution in [0.5, 0.6) is 5.75 Å². The molecule has 40 heavy (non-hydrogen) atoms. The summed E-state index contributed by atoms with van der Waals surface area (Å²) in [5.41, 5.74) is 8.79. The molecule has 210 valence electrons. The van der Waals surface area contributed by atoms with Crippen LogP contribution in [0.2, 0.25) is 0 Å². The second-order valence-corrected chi connectivity index (χ2v) is 12.0. The van der Waals surface area contributed by atoms with Crippen LogP contribution in [0.4, 0.5) is 11.5 Å². The molecule has 11 heteroatoms. The lowest BCUT2D eigenvalue weighted by Gasteiger charge is -2.42. The van der Waals surface area contributed by atoms with Crippen molar-refractivity contribution < 1.29 is 14.3 Å². The van der Waals surface area contributed by atoms with Crippen molar-refractivity contribution in [1.82, 2.24) is 25.7 Å². The third kappa shape index (κ3) is 5.28. The van der Waals surface area contributed by atoms with Crippen molar-refractivity contribution in [3.05, 3.63) is 64.2 Å². The van der Waals surface area contributed by atoms with Gasteiger partial charge in [-0.05, 0) is 43.5 Å². The van der Waals surface area contributed by atoms with E-state index in [4.69, 9.17) is 9.72 Å². The van der Waals surface area contributed by atoms with Gasteiger partial charge in [0.15, 0.2) is 0 Å². The maximum absolute atomic E-state index is 14.0. The van der Waals surface area contributed by atoms with E-state index >= 15 is 0 Å². The SMILES string of the molecule is COc1cccc(NC2C(=O)N(c3ccc(C4CNNC4)cn3)CC23CCN(C(=O)Cc2csc(C)n2)CC3)c1. The molecule has 1 spiro atoms. The summed E-state index contributed by atoms with van der Waals surface area (Å²) < 4.78 is 5.41. The van der Waals surface area contributed by atoms with E-state index in [9.17, 15) is 9.59 Å². The molecule has 3 fully saturated rings. The fraction of sp³-hybridized carbons (Fsp3) is 0.448. The van der Waals surface area contributed by atoms with E-state index in [1.165, 1.54) is 0 Å². The highest BCUT2D eigenvalue weighted by atomic mass is 32.1. The highest BCUT2D eigenvalue weighted by molar-refractivity contribution is 7.09. The molecule has 3 N–H and O–H groups in total. The number of likely N-dealkylation sites (tertiary alicyclic amines) is 1. The number of aromatic nitrogens is 2. The number of nitrogens with zero attached hydrogens (tertiary/aromatic N) is 4. The molecule has 2 amide bonds. The molecule has 0 radical (unpaired) electrons. The summed E-state index contributed by atoms with van der Waals surface area (Å²) in [4.78, 5) is 40.0. The molecule has 3 aromatic rings. The normalized spacial score (nSPS) is 20.9. The molecule has 6 rings (SSSR count). The minimum Gasteiger partial charge on any atom is -0.497 e. The molecule has 1 aromatic carbocycles. The first kappa shape index (κ1) is 26.7. The summed E-state index contributed by atoms with van der Waals surface area (Å²) in [6.07, 6.45) is 3.64. The number of ether oxygens (including phenoxy) is 1. The zero-order valence-electron chi connectivity index (χ0n) is 22.9. The zero-order valence-corrected chi connectivity index (χ0v) is 23.7. The minimum atomic E-state index is -0.442. The molecule has 2 aromatic heterocycles. The van der Waals surface area contributed by atoms with Gasteiger partial charge in [0, 0.05) is 67.4 Å². The summed E-state index contributed by atoms with van der Waals surface area (Å²) in [7, 11) is 1.63. The van der Waals surface area contributed by atoms with Crippen molar-refractivity contribution in [3.8, 4) is 5.75 Å². The Hall–Kier alpha value is -3.54. The van der Waals surface area contributed by atoms with Crippen LogP contribution < -0.4 is 25.8 Å². The Morgan fingerprint density at radius 3 is 2.67 bits per heavy atom. The topological polar surface area (TPSA) is 112 Å². The fourth-order valence-electron chi connectivity index (χ4n) is 6.09. The summed E-state index contributed by atoms with van der Waals surface area (Å²) in [6, 6.07) is 11.3. The lowest BCUT2D eigenvalue weighted by Crippen LogP contribution is -2.51. The van der Waals surface area contributed by atoms with Crippen molar-refractivity contribution >= 4 is 34.7 Å². The number of methoxy groups -OCH3 is 1. The quantitative estimate of drug-likeness (QED) is 0.404. The van der Waals surface area contributed by atoms with E-state index in [-0.39, 0.29) is 17.2 Å². The summed E-state index contributed by atoms with van der Waals surface area (Å²) in [5, 5.41) is 6.46. The van der Waals surface area contributed by atoms with Gasteiger partial charge in [-0.25, -0.2) is 9.97 Å². The number of hydrazine groups is 1. The molecule has 3 aliphatic heterocycles. The predicted octanol–water partition coefficient (Wildman–Crippen LogP) is 2.73. The molecule has 3 saturated heterocycles. The summed E-state index contributed by atoms with van der Waals surface area (Å²) >= 11 is 1.56. The van der Waals surface area contributed by atoms with Crippen LogP contribution >= 0.6 is 11.3 Å². The van der Waals surface area contributed by atoms with Crippen LogP contribution in [0, 0.1) is 12.3 Å². The van der Waals surface area contributed by atoms with Gasteiger partial charge in [-0.15, -0.1) is 11.3 Å². The number of anilines is 2. The second-order valence-electron chi connectivity index (χ2n) is 10.9. The number of hydrogen-bond acceptors (Lipinski definition) is 9. The number of benzene rings is 1. The Morgan fingerprint density at radius 1 is 1.20 bits per heavy atom. The van der Waals surface area contributed by atoms with Gasteiger partial charge in [0.2, 0.25) is 5.91 Å². The van der Waals surface area contributed by atoms with Crippen LogP contribution in [0.15, 0.2) is 48.0 Å². The van der Waals surface area contributed by atoms with Crippen LogP contribution in [-0.2, 0) is 16.0 Å². The number of piperidine rings is 1. The van der Waals surface area contributed by atoms with Gasteiger partial charge in [-0.1, -0.05) is 12.1 Å². The third-order valence-corrected chi connectivity index (χ3v) is 9.25. The van der Waals surface area contributed by atoms with E-state index in [0.717, 1.165) is 53.6 Å². The van der Waals surface area contributed by atoms with E-state index in [1.54, 1.807) is 18.4 Å². The molecule has 3 aliphatic rings. The number of hydrogen-bond donors (Lipinski definition) is 3. The number of amides is 2. The first-order valence-corrected chi connectivity index (χ1v) is 14.6. The van der Waals surface area contributed by atoms with E-state index < -0.39 is 6.04 Å². The summed E-state index contributed by atoms with van der Waals surface area (Å²) in [6.45, 7) is 5.43. The number of thiazole rings is 1. The predicted molar refractivity (Wildman–Crippen MR) is 155 cm³/mol. The molecule has 0 bridgehead atoms. The fourth-order valence-corrected chi connectivity index (χ4v) is 6.70. The number of rotatable bonds is 7. The molecule has 10 nitrogen and oxygen atoms in total. The van der Waals surface area contributed by atoms with Crippen LogP contribution in [0.3, 0.4) is 0 Å². The average molecular weight is 562 g/mol. The third-order valence-electron chi connectivity index (χ3n) is 8.43. The van der Waals surface area contributed by atoms with Crippen molar-refractivity contribution in [2.45, 2.75) is 38.1 Å². The monoisotopic (exact) mass is 561 g/mol. The highest BCUT2D eigenvalue weighted by Crippen LogP contribution is 2.44. The van der Waals surface area contributed by atoms with Gasteiger partial charge < -0.3 is 15.0 Å². The smallest absolute Gasteiger partial charge is 0.251 e. The van der Waals surface area contributed by atoms with Crippen molar-refractivity contribution in [1.29, 1.82) is 0 Å². The number of nitrogens with one attached hydrogen (secondary N) is 3. The maximum atomic E-state index is 14.0. The molecule has 5 heterocycles. The number of aryl methyl sites for hydroxylation is 1. The number of pyridine rings is 1. The molecular weight excluding hydrogens is 526 g/mol. The Labute approximate surface area is 238 Å². The van der Waals surface area contributed by atoms with Crippen LogP contribution in [0.25, 0.3) is 0 Å². The van der Waals surface area contributed by atoms with Crippen molar-refractivity contribution in [2.24, 2.45) is 5.41 Å². The van der Waals surface area contributed by atoms with Gasteiger partial charge in [-0.2, -0.15) is 0 Å². The summed E-state index contributed by atoms with van der Waals surface area (Å²) in [5.74, 6) is 1.85. The van der Waals surface area contributed by atoms with Gasteiger partial charge in [0.1, 0.15) is 17.6 Å². The Morgan fingerprint density at radius 2 is 2.00 bits per heavy atom. The lowest BCUT2D eigenvalue weighted by atomic mass is 9.74. The second kappa shape index (κ2) is 11.1. The van der Waals surface area contributed by atoms with Gasteiger partial charge in [-0.3, -0.25) is 25.3 Å². The van der Waals surface area contributed by atoms with Gasteiger partial charge >= 0.3 is 0 Å². The first-order valence-electron chi connectivity index (χ1n) is 13.8. The standard InChI is InChI=1S/C29H35N7O3S/c1-19-33-23(17-40-19)13-26(37)35-10-8-29(9-11-35)18-36(25-7-6-20(14-30-25)21-15-31-32-16-21)28(38)27(29)34-22-4-3-5-24(12-22)39-2/h3-7,12,14,17,21,27,31-32,34H,8-11,13,15-16,18H2,1-2H3. The van der Waals surface area contributed by atoms with Gasteiger partial charge in [0.05, 0.1) is 24.2 Å². The highest BCUT2D eigenvalue weighted by Gasteiger charge is 2.54. The van der Waals surface area contributed by atoms with E-state index in [0.29, 0.717) is 37.8 Å². The molecule has 0 aliphatic carbocycles. The van der Waals surface area contributed by atoms with Crippen LogP contribution in [-0.4, -0.2) is 72.6 Å². The Bertz CT molecular complexity index is 1360. The van der Waals surface area contributed by atoms with Crippen LogP contribution in [0.1, 0.15) is 35.0 Å². The largest absolute Gasteiger partial charge is 0.497 e. The van der Waals surface area contributed by atoms with Crippen molar-refractivity contribution in [3.63, 3.8) is 0 Å². The number of carbonyl (C=O) groups is 2. The van der Waals surface area contributed by atoms with E-state index in [2.05, 4.69) is 27.2 Å². The Balaban J connectivity index is 1.22.